The molecule has 0 aliphatic rings. The molecule has 0 fully saturated rings. The highest BCUT2D eigenvalue weighted by atomic mass is 35.5. The summed E-state index contributed by atoms with van der Waals surface area (Å²) in [5, 5.41) is 2.53. The molecule has 0 saturated heterocycles. The summed E-state index contributed by atoms with van der Waals surface area (Å²) in [5.74, 6) is 10.8. The highest BCUT2D eigenvalue weighted by Crippen LogP contribution is 2.05. The Hall–Kier alpha value is -2.66. The fourth-order valence-corrected chi connectivity index (χ4v) is 1.72. The third-order valence-corrected chi connectivity index (χ3v) is 2.77. The predicted octanol–water partition coefficient (Wildman–Crippen LogP) is 1.21. The number of hydrogen-bond acceptors (Lipinski definition) is 5. The van der Waals surface area contributed by atoms with Crippen molar-refractivity contribution in [2.24, 2.45) is 5.84 Å². The quantitative estimate of drug-likeness (QED) is 0.320. The number of benzene rings is 1. The molecule has 9 heteroatoms. The molecule has 0 spiro atoms. The zero-order valence-corrected chi connectivity index (χ0v) is 14.9. The minimum Gasteiger partial charge on any atom is -0.310 e. The van der Waals surface area contributed by atoms with Crippen LogP contribution in [0.3, 0.4) is 0 Å². The molecular weight excluding hydrogens is 365 g/mol. The number of hydrazine groups is 1. The molecule has 2 rings (SSSR count). The van der Waals surface area contributed by atoms with Gasteiger partial charge in [-0.25, -0.2) is 15.8 Å². The second-order valence-corrected chi connectivity index (χ2v) is 4.66. The summed E-state index contributed by atoms with van der Waals surface area (Å²) >= 11 is 0. The number of nitrogens with zero attached hydrogens (tertiary/aromatic N) is 2. The molecule has 0 aliphatic heterocycles. The van der Waals surface area contributed by atoms with Crippen LogP contribution in [0.15, 0.2) is 36.7 Å². The van der Waals surface area contributed by atoms with Crippen LogP contribution in [-0.2, 0) is 16.0 Å². The minimum absolute atomic E-state index is 0. The molecule has 132 valence electrons. The van der Waals surface area contributed by atoms with Crippen molar-refractivity contribution in [2.45, 2.75) is 13.3 Å². The average molecular weight is 382 g/mol. The Balaban J connectivity index is 0.00000288. The van der Waals surface area contributed by atoms with E-state index in [0.29, 0.717) is 11.5 Å². The number of aromatic nitrogens is 2. The van der Waals surface area contributed by atoms with Crippen molar-refractivity contribution in [3.8, 4) is 11.8 Å². The standard InChI is InChI=1S/C16H15N5O2.2ClH/c1-11(22)20-15-10-18-14(9-19-15)7-6-12-2-4-13(5-3-12)8-16(23)21-17;;/h2-5,9-10H,8,17H2,1H3,(H,21,23)(H,19,20,22);2*1H. The Kier molecular flexibility index (Phi) is 9.82. The summed E-state index contributed by atoms with van der Waals surface area (Å²) in [4.78, 5) is 30.2. The fourth-order valence-electron chi connectivity index (χ4n) is 1.72. The number of halogens is 2. The van der Waals surface area contributed by atoms with Crippen molar-refractivity contribution >= 4 is 42.4 Å². The maximum Gasteiger partial charge on any atom is 0.238 e. The van der Waals surface area contributed by atoms with Gasteiger partial charge in [-0.2, -0.15) is 0 Å². The van der Waals surface area contributed by atoms with Crippen molar-refractivity contribution in [1.29, 1.82) is 0 Å². The van der Waals surface area contributed by atoms with E-state index in [4.69, 9.17) is 5.84 Å². The van der Waals surface area contributed by atoms with Crippen molar-refractivity contribution in [1.82, 2.24) is 15.4 Å². The highest BCUT2D eigenvalue weighted by Gasteiger charge is 2.00. The van der Waals surface area contributed by atoms with Crippen LogP contribution in [0.5, 0.6) is 0 Å². The molecule has 2 amide bonds. The predicted molar refractivity (Wildman–Crippen MR) is 99.3 cm³/mol. The van der Waals surface area contributed by atoms with Crippen molar-refractivity contribution < 1.29 is 9.59 Å². The first-order valence-corrected chi connectivity index (χ1v) is 6.77. The number of carbonyl (C=O) groups excluding carboxylic acids is 2. The summed E-state index contributed by atoms with van der Waals surface area (Å²) in [7, 11) is 0. The summed E-state index contributed by atoms with van der Waals surface area (Å²) < 4.78 is 0. The molecule has 2 aromatic rings. The zero-order valence-electron chi connectivity index (χ0n) is 13.3. The maximum absolute atomic E-state index is 11.2. The van der Waals surface area contributed by atoms with Gasteiger partial charge in [0, 0.05) is 12.5 Å². The molecule has 1 heterocycles. The molecule has 0 atom stereocenters. The number of hydrogen-bond donors (Lipinski definition) is 3. The molecule has 0 unspecified atom stereocenters. The van der Waals surface area contributed by atoms with E-state index in [2.05, 4.69) is 32.6 Å². The van der Waals surface area contributed by atoms with E-state index in [9.17, 15) is 9.59 Å². The van der Waals surface area contributed by atoms with E-state index < -0.39 is 0 Å². The second kappa shape index (κ2) is 11.0. The van der Waals surface area contributed by atoms with E-state index in [-0.39, 0.29) is 43.0 Å². The van der Waals surface area contributed by atoms with Gasteiger partial charge in [-0.1, -0.05) is 18.1 Å². The maximum atomic E-state index is 11.2. The van der Waals surface area contributed by atoms with Gasteiger partial charge in [0.2, 0.25) is 11.8 Å². The lowest BCUT2D eigenvalue weighted by Crippen LogP contribution is -2.31. The van der Waals surface area contributed by atoms with Gasteiger partial charge in [0.05, 0.1) is 18.8 Å². The van der Waals surface area contributed by atoms with Crippen LogP contribution in [0.4, 0.5) is 5.82 Å². The number of anilines is 1. The lowest BCUT2D eigenvalue weighted by Gasteiger charge is -2.00. The van der Waals surface area contributed by atoms with Crippen LogP contribution in [0, 0.1) is 11.8 Å². The summed E-state index contributed by atoms with van der Waals surface area (Å²) in [5.41, 5.74) is 4.21. The van der Waals surface area contributed by atoms with Gasteiger partial charge in [-0.05, 0) is 23.6 Å². The smallest absolute Gasteiger partial charge is 0.238 e. The van der Waals surface area contributed by atoms with Gasteiger partial charge in [0.1, 0.15) is 5.69 Å². The monoisotopic (exact) mass is 381 g/mol. The first-order chi connectivity index (χ1) is 11.1. The molecule has 0 radical (unpaired) electrons. The van der Waals surface area contributed by atoms with Gasteiger partial charge < -0.3 is 5.32 Å². The van der Waals surface area contributed by atoms with Gasteiger partial charge in [-0.15, -0.1) is 24.8 Å². The molecule has 1 aromatic heterocycles. The van der Waals surface area contributed by atoms with E-state index in [1.54, 1.807) is 0 Å². The van der Waals surface area contributed by atoms with Crippen LogP contribution in [-0.4, -0.2) is 21.8 Å². The van der Waals surface area contributed by atoms with Crippen LogP contribution in [0.25, 0.3) is 0 Å². The lowest BCUT2D eigenvalue weighted by molar-refractivity contribution is -0.120. The summed E-state index contributed by atoms with van der Waals surface area (Å²) in [6, 6.07) is 7.24. The molecule has 0 aliphatic carbocycles. The lowest BCUT2D eigenvalue weighted by atomic mass is 10.1. The molecule has 0 saturated carbocycles. The number of nitrogens with two attached hydrogens (primary N) is 1. The van der Waals surface area contributed by atoms with Gasteiger partial charge in [0.25, 0.3) is 0 Å². The first-order valence-electron chi connectivity index (χ1n) is 6.77. The Morgan fingerprint density at radius 2 is 1.76 bits per heavy atom. The molecule has 25 heavy (non-hydrogen) atoms. The molecular formula is C16H17Cl2N5O2. The topological polar surface area (TPSA) is 110 Å². The van der Waals surface area contributed by atoms with E-state index in [1.165, 1.54) is 19.3 Å². The molecule has 7 nitrogen and oxygen atoms in total. The largest absolute Gasteiger partial charge is 0.310 e. The van der Waals surface area contributed by atoms with Gasteiger partial charge >= 0.3 is 0 Å². The molecule has 0 bridgehead atoms. The van der Waals surface area contributed by atoms with Crippen LogP contribution in [0.2, 0.25) is 0 Å². The van der Waals surface area contributed by atoms with Crippen LogP contribution in [0.1, 0.15) is 23.7 Å². The number of carbonyl (C=O) groups is 2. The Bertz CT molecular complexity index is 768. The van der Waals surface area contributed by atoms with Crippen molar-refractivity contribution in [3.05, 3.63) is 53.5 Å². The van der Waals surface area contributed by atoms with Crippen LogP contribution < -0.4 is 16.6 Å². The van der Waals surface area contributed by atoms with E-state index >= 15 is 0 Å². The Labute approximate surface area is 157 Å². The highest BCUT2D eigenvalue weighted by molar-refractivity contribution is 5.87. The van der Waals surface area contributed by atoms with Crippen molar-refractivity contribution in [3.63, 3.8) is 0 Å². The third kappa shape index (κ3) is 7.63. The first kappa shape index (κ1) is 22.3. The minimum atomic E-state index is -0.252. The molecule has 1 aromatic carbocycles. The van der Waals surface area contributed by atoms with Gasteiger partial charge in [0.15, 0.2) is 5.82 Å². The SMILES string of the molecule is CC(=O)Nc1cnc(C#Cc2ccc(CC(=O)NN)cc2)cn1.Cl.Cl. The van der Waals surface area contributed by atoms with Gasteiger partial charge in [-0.3, -0.25) is 15.0 Å². The van der Waals surface area contributed by atoms with E-state index in [1.807, 2.05) is 24.3 Å². The van der Waals surface area contributed by atoms with Crippen LogP contribution >= 0.6 is 24.8 Å². The zero-order chi connectivity index (χ0) is 16.7. The van der Waals surface area contributed by atoms with Crippen molar-refractivity contribution in [2.75, 3.05) is 5.32 Å². The number of nitrogens with one attached hydrogen (secondary N) is 2. The Morgan fingerprint density at radius 3 is 2.28 bits per heavy atom. The number of amides is 2. The Morgan fingerprint density at radius 1 is 1.08 bits per heavy atom. The summed E-state index contributed by atoms with van der Waals surface area (Å²) in [6.45, 7) is 1.40. The summed E-state index contributed by atoms with van der Waals surface area (Å²) in [6.07, 6.45) is 3.15. The fraction of sp³-hybridized carbons (Fsp3) is 0.125. The second-order valence-electron chi connectivity index (χ2n) is 4.66. The normalized spacial score (nSPS) is 8.72. The number of rotatable bonds is 3. The molecule has 4 N–H and O–H groups in total. The third-order valence-electron chi connectivity index (χ3n) is 2.77. The van der Waals surface area contributed by atoms with E-state index in [0.717, 1.165) is 11.1 Å². The average Bonchev–Trinajstić information content (AvgIpc) is 2.55.